The molecule has 0 aliphatic carbocycles. The van der Waals surface area contributed by atoms with E-state index in [-0.39, 0.29) is 4.90 Å². The van der Waals surface area contributed by atoms with E-state index in [0.717, 1.165) is 0 Å². The molecule has 0 saturated carbocycles. The molecule has 0 spiro atoms. The minimum absolute atomic E-state index is 0.0238. The minimum Gasteiger partial charge on any atom is -0.346 e. The van der Waals surface area contributed by atoms with Crippen molar-refractivity contribution in [2.75, 3.05) is 37.8 Å². The summed E-state index contributed by atoms with van der Waals surface area (Å²) in [4.78, 5) is 1.89. The molecule has 128 valence electrons. The minimum atomic E-state index is -3.72. The molecule has 23 heavy (non-hydrogen) atoms. The van der Waals surface area contributed by atoms with Gasteiger partial charge in [-0.1, -0.05) is 0 Å². The van der Waals surface area contributed by atoms with Crippen LogP contribution in [0.3, 0.4) is 0 Å². The van der Waals surface area contributed by atoms with Crippen LogP contribution in [0.25, 0.3) is 0 Å². The van der Waals surface area contributed by atoms with Gasteiger partial charge in [0.05, 0.1) is 11.2 Å². The Bertz CT molecular complexity index is 782. The molecule has 1 aliphatic rings. The molecular weight excluding hydrogens is 360 g/mol. The highest BCUT2D eigenvalue weighted by Crippen LogP contribution is 2.14. The number of hydrogen-bond donors (Lipinski definition) is 2. The Morgan fingerprint density at radius 2 is 1.61 bits per heavy atom. The lowest BCUT2D eigenvalue weighted by Gasteiger charge is -2.34. The summed E-state index contributed by atoms with van der Waals surface area (Å²) in [5, 5.41) is 8.49. The topological polar surface area (TPSA) is 113 Å². The third kappa shape index (κ3) is 4.85. The quantitative estimate of drug-likeness (QED) is 0.689. The first-order chi connectivity index (χ1) is 10.6. The summed E-state index contributed by atoms with van der Waals surface area (Å²) in [5.41, 5.74) is 0.632. The van der Waals surface area contributed by atoms with E-state index in [1.165, 1.54) is 22.7 Å². The first-order valence-corrected chi connectivity index (χ1v) is 10.5. The van der Waals surface area contributed by atoms with Crippen molar-refractivity contribution in [3.63, 3.8) is 0 Å². The van der Waals surface area contributed by atoms with Gasteiger partial charge >= 0.3 is 0 Å². The highest BCUT2D eigenvalue weighted by Gasteiger charge is 2.24. The largest absolute Gasteiger partial charge is 0.346 e. The van der Waals surface area contributed by atoms with Gasteiger partial charge in [0.2, 0.25) is 20.0 Å². The number of nitrogens with two attached hydrogens (primary N) is 1. The smallest absolute Gasteiger partial charge is 0.238 e. The van der Waals surface area contributed by atoms with Crippen molar-refractivity contribution < 1.29 is 16.8 Å². The Hall–Kier alpha value is -1.27. The number of sulfonamides is 2. The molecule has 3 N–H and O–H groups in total. The maximum atomic E-state index is 11.5. The van der Waals surface area contributed by atoms with Gasteiger partial charge in [-0.2, -0.15) is 4.31 Å². The van der Waals surface area contributed by atoms with Crippen molar-refractivity contribution in [2.24, 2.45) is 5.14 Å². The number of primary sulfonamides is 1. The van der Waals surface area contributed by atoms with E-state index >= 15 is 0 Å². The molecule has 11 heteroatoms. The van der Waals surface area contributed by atoms with Gasteiger partial charge in [0.25, 0.3) is 0 Å². The molecule has 8 nitrogen and oxygen atoms in total. The summed E-state index contributed by atoms with van der Waals surface area (Å²) in [6.07, 6.45) is 1.19. The molecule has 0 unspecified atom stereocenters. The molecule has 0 bridgehead atoms. The molecule has 0 radical (unpaired) electrons. The van der Waals surface area contributed by atoms with Gasteiger partial charge in [-0.25, -0.2) is 22.0 Å². The van der Waals surface area contributed by atoms with E-state index in [2.05, 4.69) is 5.32 Å². The van der Waals surface area contributed by atoms with Crippen LogP contribution in [-0.2, 0) is 20.0 Å². The molecule has 1 fully saturated rings. The van der Waals surface area contributed by atoms with Crippen LogP contribution in [0.1, 0.15) is 0 Å². The number of nitrogens with zero attached hydrogens (tertiary/aromatic N) is 2. The second kappa shape index (κ2) is 6.69. The van der Waals surface area contributed by atoms with E-state index in [1.54, 1.807) is 12.1 Å². The fraction of sp³-hybridized carbons (Fsp3) is 0.417. The molecule has 1 aliphatic heterocycles. The average molecular weight is 379 g/mol. The molecular formula is C12H18N4O4S3. The summed E-state index contributed by atoms with van der Waals surface area (Å²) in [6.45, 7) is 1.75. The predicted octanol–water partition coefficient (Wildman–Crippen LogP) is -0.392. The monoisotopic (exact) mass is 378 g/mol. The Kier molecular flexibility index (Phi) is 5.26. The Labute approximate surface area is 141 Å². The maximum Gasteiger partial charge on any atom is 0.238 e. The Morgan fingerprint density at radius 1 is 1.09 bits per heavy atom. The predicted molar refractivity (Wildman–Crippen MR) is 92.0 cm³/mol. The van der Waals surface area contributed by atoms with Gasteiger partial charge in [0, 0.05) is 31.9 Å². The molecule has 1 aromatic rings. The van der Waals surface area contributed by atoms with Gasteiger partial charge in [0.15, 0.2) is 5.11 Å². The highest BCUT2D eigenvalue weighted by molar-refractivity contribution is 7.89. The highest BCUT2D eigenvalue weighted by atomic mass is 32.2. The van der Waals surface area contributed by atoms with Gasteiger partial charge in [0.1, 0.15) is 0 Å². The SMILES string of the molecule is CS(=O)(=O)N1CCN(C(=S)Nc2ccc(S(N)(=O)=O)cc2)CC1. The molecule has 0 atom stereocenters. The average Bonchev–Trinajstić information content (AvgIpc) is 2.46. The van der Waals surface area contributed by atoms with Crippen LogP contribution >= 0.6 is 12.2 Å². The lowest BCUT2D eigenvalue weighted by atomic mass is 10.3. The maximum absolute atomic E-state index is 11.5. The van der Waals surface area contributed by atoms with E-state index in [9.17, 15) is 16.8 Å². The van der Waals surface area contributed by atoms with Crippen LogP contribution in [0.2, 0.25) is 0 Å². The third-order valence-corrected chi connectivity index (χ3v) is 6.02. The van der Waals surface area contributed by atoms with Gasteiger partial charge < -0.3 is 10.2 Å². The third-order valence-electron chi connectivity index (χ3n) is 3.43. The zero-order valence-electron chi connectivity index (χ0n) is 12.5. The molecule has 1 heterocycles. The van der Waals surface area contributed by atoms with E-state index in [0.29, 0.717) is 37.0 Å². The number of benzene rings is 1. The van der Waals surface area contributed by atoms with Crippen molar-refractivity contribution in [3.8, 4) is 0 Å². The van der Waals surface area contributed by atoms with Crippen LogP contribution < -0.4 is 10.5 Å². The van der Waals surface area contributed by atoms with E-state index in [4.69, 9.17) is 17.4 Å². The van der Waals surface area contributed by atoms with Crippen LogP contribution in [0.15, 0.2) is 29.2 Å². The number of nitrogens with one attached hydrogen (secondary N) is 1. The van der Waals surface area contributed by atoms with Crippen molar-refractivity contribution in [2.45, 2.75) is 4.90 Å². The molecule has 1 aromatic carbocycles. The summed E-state index contributed by atoms with van der Waals surface area (Å²) < 4.78 is 46.7. The van der Waals surface area contributed by atoms with Crippen LogP contribution in [0, 0.1) is 0 Å². The van der Waals surface area contributed by atoms with Gasteiger partial charge in [-0.15, -0.1) is 0 Å². The van der Waals surface area contributed by atoms with Crippen molar-refractivity contribution in [1.82, 2.24) is 9.21 Å². The number of anilines is 1. The molecule has 0 amide bonds. The first kappa shape index (κ1) is 18.1. The zero-order valence-corrected chi connectivity index (χ0v) is 14.9. The Balaban J connectivity index is 1.96. The summed E-state index contributed by atoms with van der Waals surface area (Å²) in [6, 6.07) is 5.92. The number of hydrogen-bond acceptors (Lipinski definition) is 5. The van der Waals surface area contributed by atoms with Gasteiger partial charge in [-0.3, -0.25) is 0 Å². The molecule has 2 rings (SSSR count). The van der Waals surface area contributed by atoms with Crippen LogP contribution in [0.5, 0.6) is 0 Å². The standard InChI is InChI=1S/C12H18N4O4S3/c1-22(17,18)16-8-6-15(7-9-16)12(21)14-10-2-4-11(5-3-10)23(13,19)20/h2-5H,6-9H2,1H3,(H,14,21)(H2,13,19,20). The fourth-order valence-corrected chi connectivity index (χ4v) is 3.80. The summed E-state index contributed by atoms with van der Waals surface area (Å²) >= 11 is 5.30. The van der Waals surface area contributed by atoms with E-state index < -0.39 is 20.0 Å². The van der Waals surface area contributed by atoms with Crippen molar-refractivity contribution >= 4 is 43.1 Å². The second-order valence-corrected chi connectivity index (χ2v) is 9.08. The normalized spacial score (nSPS) is 17.0. The van der Waals surface area contributed by atoms with Crippen molar-refractivity contribution in [3.05, 3.63) is 24.3 Å². The lowest BCUT2D eigenvalue weighted by molar-refractivity contribution is 0.270. The van der Waals surface area contributed by atoms with Crippen LogP contribution in [-0.4, -0.2) is 63.6 Å². The molecule has 0 aromatic heterocycles. The summed E-state index contributed by atoms with van der Waals surface area (Å²) in [7, 11) is -6.90. The van der Waals surface area contributed by atoms with Gasteiger partial charge in [-0.05, 0) is 36.5 Å². The Morgan fingerprint density at radius 3 is 2.04 bits per heavy atom. The van der Waals surface area contributed by atoms with E-state index in [1.807, 2.05) is 4.90 Å². The fourth-order valence-electron chi connectivity index (χ4n) is 2.15. The first-order valence-electron chi connectivity index (χ1n) is 6.71. The number of rotatable bonds is 3. The lowest BCUT2D eigenvalue weighted by Crippen LogP contribution is -2.51. The zero-order chi connectivity index (χ0) is 17.3. The molecule has 1 saturated heterocycles. The summed E-state index contributed by atoms with van der Waals surface area (Å²) in [5.74, 6) is 0. The van der Waals surface area contributed by atoms with Crippen molar-refractivity contribution in [1.29, 1.82) is 0 Å². The van der Waals surface area contributed by atoms with Crippen LogP contribution in [0.4, 0.5) is 5.69 Å². The number of piperazine rings is 1. The second-order valence-electron chi connectivity index (χ2n) is 5.15. The number of thiocarbonyl (C=S) groups is 1.